The lowest BCUT2D eigenvalue weighted by atomic mass is 10.2. The van der Waals surface area contributed by atoms with Crippen molar-refractivity contribution in [2.24, 2.45) is 0 Å². The van der Waals surface area contributed by atoms with E-state index in [-0.39, 0.29) is 27.8 Å². The Labute approximate surface area is 192 Å². The van der Waals surface area contributed by atoms with Gasteiger partial charge in [0.15, 0.2) is 33.1 Å². The molecule has 178 valence electrons. The lowest BCUT2D eigenvalue weighted by Gasteiger charge is -2.21. The molecule has 12 heteroatoms. The van der Waals surface area contributed by atoms with Gasteiger partial charge in [-0.1, -0.05) is 11.6 Å². The molecule has 7 nitrogen and oxygen atoms in total. The second-order valence-corrected chi connectivity index (χ2v) is 10.6. The van der Waals surface area contributed by atoms with E-state index >= 15 is 0 Å². The third-order valence-electron chi connectivity index (χ3n) is 5.22. The first-order valence-electron chi connectivity index (χ1n) is 9.82. The second kappa shape index (κ2) is 8.55. The number of sulfone groups is 1. The van der Waals surface area contributed by atoms with E-state index in [1.807, 2.05) is 0 Å². The van der Waals surface area contributed by atoms with Crippen LogP contribution in [0.15, 0.2) is 35.2 Å². The smallest absolute Gasteiger partial charge is 0.255 e. The van der Waals surface area contributed by atoms with Crippen molar-refractivity contribution in [1.29, 1.82) is 0 Å². The first-order valence-corrected chi connectivity index (χ1v) is 11.8. The number of anilines is 1. The molecule has 4 rings (SSSR count). The monoisotopic (exact) mass is 505 g/mol. The minimum Gasteiger partial charge on any atom is -0.372 e. The van der Waals surface area contributed by atoms with Crippen molar-refractivity contribution in [3.63, 3.8) is 0 Å². The molecule has 2 aliphatic heterocycles. The summed E-state index contributed by atoms with van der Waals surface area (Å²) in [5.74, 6) is -6.85. The van der Waals surface area contributed by atoms with Crippen LogP contribution in [0.4, 0.5) is 18.9 Å². The van der Waals surface area contributed by atoms with Crippen LogP contribution in [-0.4, -0.2) is 50.8 Å². The highest BCUT2D eigenvalue weighted by atomic mass is 35.5. The van der Waals surface area contributed by atoms with Gasteiger partial charge < -0.3 is 19.5 Å². The Bertz CT molecular complexity index is 1200. The molecule has 0 bridgehead atoms. The summed E-state index contributed by atoms with van der Waals surface area (Å²) in [7, 11) is -4.04. The summed E-state index contributed by atoms with van der Waals surface area (Å²) in [4.78, 5) is 12.2. The van der Waals surface area contributed by atoms with Crippen LogP contribution in [-0.2, 0) is 24.0 Å². The zero-order valence-corrected chi connectivity index (χ0v) is 19.0. The summed E-state index contributed by atoms with van der Waals surface area (Å²) in [5.41, 5.74) is -0.489. The molecule has 2 aliphatic rings. The maximum absolute atomic E-state index is 13.4. The van der Waals surface area contributed by atoms with Crippen LogP contribution in [0.3, 0.4) is 0 Å². The van der Waals surface area contributed by atoms with E-state index in [0.29, 0.717) is 12.1 Å². The van der Waals surface area contributed by atoms with Crippen molar-refractivity contribution >= 4 is 33.0 Å². The predicted octanol–water partition coefficient (Wildman–Crippen LogP) is 3.70. The van der Waals surface area contributed by atoms with E-state index in [1.165, 1.54) is 12.1 Å². The highest BCUT2D eigenvalue weighted by Crippen LogP contribution is 2.36. The Hall–Kier alpha value is -2.18. The highest BCUT2D eigenvalue weighted by molar-refractivity contribution is 7.91. The number of amides is 1. The zero-order chi connectivity index (χ0) is 24.1. The van der Waals surface area contributed by atoms with Crippen LogP contribution in [0, 0.1) is 17.5 Å². The van der Waals surface area contributed by atoms with Gasteiger partial charge in [0, 0.05) is 23.4 Å². The van der Waals surface area contributed by atoms with Gasteiger partial charge in [-0.05, 0) is 32.0 Å². The number of benzene rings is 2. The summed E-state index contributed by atoms with van der Waals surface area (Å²) in [6.07, 6.45) is -1.78. The second-order valence-electron chi connectivity index (χ2n) is 8.14. The van der Waals surface area contributed by atoms with Crippen molar-refractivity contribution < 1.29 is 40.6 Å². The lowest BCUT2D eigenvalue weighted by Crippen LogP contribution is -2.35. The molecule has 0 spiro atoms. The number of rotatable bonds is 5. The maximum atomic E-state index is 13.4. The molecular formula is C21H19ClF3NO6S. The highest BCUT2D eigenvalue weighted by Gasteiger charge is 2.51. The zero-order valence-electron chi connectivity index (χ0n) is 17.4. The topological polar surface area (TPSA) is 90.9 Å². The van der Waals surface area contributed by atoms with Gasteiger partial charge in [0.2, 0.25) is 0 Å². The van der Waals surface area contributed by atoms with E-state index < -0.39 is 63.0 Å². The van der Waals surface area contributed by atoms with Crippen molar-refractivity contribution in [2.75, 3.05) is 17.7 Å². The number of carbonyl (C=O) groups excluding carboxylic acids is 1. The molecule has 2 aromatic carbocycles. The molecule has 3 atom stereocenters. The number of nitrogens with one attached hydrogen (secondary N) is 1. The molecule has 0 aliphatic carbocycles. The fourth-order valence-electron chi connectivity index (χ4n) is 3.78. The van der Waals surface area contributed by atoms with Gasteiger partial charge >= 0.3 is 0 Å². The van der Waals surface area contributed by atoms with Crippen LogP contribution in [0.1, 0.15) is 24.2 Å². The molecule has 2 fully saturated rings. The summed E-state index contributed by atoms with van der Waals surface area (Å²) < 4.78 is 83.1. The fourth-order valence-corrected chi connectivity index (χ4v) is 5.82. The third kappa shape index (κ3) is 4.87. The fraction of sp³-hybridized carbons (Fsp3) is 0.381. The predicted molar refractivity (Wildman–Crippen MR) is 111 cm³/mol. The molecule has 0 radical (unpaired) electrons. The molecule has 0 saturated carbocycles. The number of fused-ring (bicyclic) bond motifs is 1. The molecule has 2 saturated heterocycles. The quantitative estimate of drug-likeness (QED) is 0.623. The summed E-state index contributed by atoms with van der Waals surface area (Å²) in [6, 6.07) is 4.70. The average molecular weight is 506 g/mol. The SMILES string of the molecule is CC1(C)O[C@H]2COC(CS(=O)(=O)c3cc(C(=O)Nc4cc(F)c(F)c(F)c4)ccc3Cl)[C@H]2O1. The Kier molecular flexibility index (Phi) is 6.21. The minimum atomic E-state index is -4.04. The number of carbonyl (C=O) groups is 1. The van der Waals surface area contributed by atoms with E-state index in [9.17, 15) is 26.4 Å². The van der Waals surface area contributed by atoms with Gasteiger partial charge in [-0.15, -0.1) is 0 Å². The van der Waals surface area contributed by atoms with E-state index in [2.05, 4.69) is 5.32 Å². The standard InChI is InChI=1S/C21H19ClF3NO6S/c1-21(2)31-15-8-30-16(19(15)32-21)9-33(28,29)17-5-10(3-4-12(17)22)20(27)26-11-6-13(23)18(25)14(24)7-11/h3-7,15-16,19H,8-9H2,1-2H3,(H,26,27)/t15-,16?,19-/m0/s1. The van der Waals surface area contributed by atoms with Gasteiger partial charge in [-0.3, -0.25) is 4.79 Å². The van der Waals surface area contributed by atoms with Gasteiger partial charge in [0.25, 0.3) is 5.91 Å². The van der Waals surface area contributed by atoms with Crippen molar-refractivity contribution in [3.05, 3.63) is 58.4 Å². The van der Waals surface area contributed by atoms with Crippen molar-refractivity contribution in [2.45, 2.75) is 42.8 Å². The normalized spacial score (nSPS) is 24.0. The number of halogens is 4. The molecule has 2 heterocycles. The maximum Gasteiger partial charge on any atom is 0.255 e. The Morgan fingerprint density at radius 3 is 2.48 bits per heavy atom. The minimum absolute atomic E-state index is 0.121. The van der Waals surface area contributed by atoms with Crippen molar-refractivity contribution in [1.82, 2.24) is 0 Å². The van der Waals surface area contributed by atoms with Gasteiger partial charge in [-0.2, -0.15) is 0 Å². The average Bonchev–Trinajstić information content (AvgIpc) is 3.21. The number of ether oxygens (including phenoxy) is 3. The van der Waals surface area contributed by atoms with E-state index in [4.69, 9.17) is 25.8 Å². The van der Waals surface area contributed by atoms with E-state index in [0.717, 1.165) is 6.07 Å². The summed E-state index contributed by atoms with van der Waals surface area (Å²) in [6.45, 7) is 3.61. The van der Waals surface area contributed by atoms with Crippen LogP contribution in [0.25, 0.3) is 0 Å². The lowest BCUT2D eigenvalue weighted by molar-refractivity contribution is -0.172. The van der Waals surface area contributed by atoms with Gasteiger partial charge in [-0.25, -0.2) is 21.6 Å². The van der Waals surface area contributed by atoms with Gasteiger partial charge in [0.05, 0.1) is 22.3 Å². The molecular weight excluding hydrogens is 487 g/mol. The van der Waals surface area contributed by atoms with E-state index in [1.54, 1.807) is 13.8 Å². The van der Waals surface area contributed by atoms with Crippen LogP contribution in [0.2, 0.25) is 5.02 Å². The molecule has 1 N–H and O–H groups in total. The molecule has 1 unspecified atom stereocenters. The Balaban J connectivity index is 1.55. The van der Waals surface area contributed by atoms with Crippen LogP contribution < -0.4 is 5.32 Å². The number of hydrogen-bond donors (Lipinski definition) is 1. The molecule has 1 amide bonds. The first-order chi connectivity index (χ1) is 15.4. The number of hydrogen-bond acceptors (Lipinski definition) is 6. The molecule has 33 heavy (non-hydrogen) atoms. The first kappa shape index (κ1) is 24.0. The Morgan fingerprint density at radius 2 is 1.82 bits per heavy atom. The van der Waals surface area contributed by atoms with Crippen LogP contribution in [0.5, 0.6) is 0 Å². The largest absolute Gasteiger partial charge is 0.372 e. The molecule has 2 aromatic rings. The Morgan fingerprint density at radius 1 is 1.15 bits per heavy atom. The van der Waals surface area contributed by atoms with Crippen LogP contribution >= 0.6 is 11.6 Å². The molecule has 0 aromatic heterocycles. The van der Waals surface area contributed by atoms with Gasteiger partial charge in [0.1, 0.15) is 18.3 Å². The summed E-state index contributed by atoms with van der Waals surface area (Å²) >= 11 is 6.10. The van der Waals surface area contributed by atoms with Crippen molar-refractivity contribution in [3.8, 4) is 0 Å². The third-order valence-corrected chi connectivity index (χ3v) is 7.43. The summed E-state index contributed by atoms with van der Waals surface area (Å²) in [5, 5.41) is 2.07.